The molecule has 1 unspecified atom stereocenters. The quantitative estimate of drug-likeness (QED) is 0.0862. The van der Waals surface area contributed by atoms with Crippen LogP contribution in [0.4, 0.5) is 29.3 Å². The number of carbonyl (C=O) groups excluding carboxylic acids is 7. The summed E-state index contributed by atoms with van der Waals surface area (Å²) >= 11 is 0. The minimum Gasteiger partial charge on any atom is -0.386 e. The van der Waals surface area contributed by atoms with Crippen molar-refractivity contribution in [3.05, 3.63) is 82.8 Å². The first-order chi connectivity index (χ1) is 29.4. The molecule has 2 aromatic heterocycles. The van der Waals surface area contributed by atoms with Crippen LogP contribution in [-0.4, -0.2) is 121 Å². The van der Waals surface area contributed by atoms with Crippen molar-refractivity contribution >= 4 is 63.8 Å². The van der Waals surface area contributed by atoms with Crippen molar-refractivity contribution in [3.8, 4) is 0 Å². The number of imide groups is 2. The fourth-order valence-electron chi connectivity index (χ4n) is 7.55. The fourth-order valence-corrected chi connectivity index (χ4v) is 7.55. The normalized spacial score (nSPS) is 16.9. The van der Waals surface area contributed by atoms with Gasteiger partial charge in [-0.05, 0) is 69.5 Å². The van der Waals surface area contributed by atoms with E-state index >= 15 is 0 Å². The number of carbonyl (C=O) groups is 7. The average molecular weight is 861 g/mol. The highest BCUT2D eigenvalue weighted by Gasteiger charge is 2.45. The van der Waals surface area contributed by atoms with Crippen molar-refractivity contribution in [2.24, 2.45) is 0 Å². The Morgan fingerprint density at radius 1 is 0.919 bits per heavy atom. The van der Waals surface area contributed by atoms with E-state index in [0.717, 1.165) is 23.1 Å². The number of amides is 8. The number of urea groups is 1. The second-order valence-corrected chi connectivity index (χ2v) is 15.6. The van der Waals surface area contributed by atoms with Crippen LogP contribution in [0.3, 0.4) is 0 Å². The summed E-state index contributed by atoms with van der Waals surface area (Å²) in [5.41, 5.74) is -1.50. The van der Waals surface area contributed by atoms with E-state index in [2.05, 4.69) is 31.3 Å². The van der Waals surface area contributed by atoms with Gasteiger partial charge in [0.15, 0.2) is 0 Å². The van der Waals surface area contributed by atoms with Gasteiger partial charge in [-0.2, -0.15) is 18.3 Å². The Bertz CT molecular complexity index is 2480. The second kappa shape index (κ2) is 17.2. The molecule has 0 aliphatic carbocycles. The molecule has 5 heterocycles. The van der Waals surface area contributed by atoms with E-state index < -0.39 is 58.7 Å². The van der Waals surface area contributed by atoms with Crippen LogP contribution in [0.15, 0.2) is 54.7 Å². The lowest BCUT2D eigenvalue weighted by Gasteiger charge is -2.27. The molecule has 3 aliphatic rings. The zero-order valence-electron chi connectivity index (χ0n) is 33.7. The molecule has 0 saturated carbocycles. The number of nitrogens with one attached hydrogen (secondary N) is 4. The Hall–Kier alpha value is -6.90. The van der Waals surface area contributed by atoms with Gasteiger partial charge in [0.1, 0.15) is 24.0 Å². The average Bonchev–Trinajstić information content (AvgIpc) is 3.86. The summed E-state index contributed by atoms with van der Waals surface area (Å²) in [6.07, 6.45) is -1.83. The van der Waals surface area contributed by atoms with Crippen molar-refractivity contribution in [2.75, 3.05) is 49.9 Å². The molecule has 5 N–H and O–H groups in total. The van der Waals surface area contributed by atoms with Gasteiger partial charge >= 0.3 is 12.2 Å². The zero-order valence-corrected chi connectivity index (χ0v) is 33.7. The number of pyridine rings is 1. The third-order valence-electron chi connectivity index (χ3n) is 10.7. The zero-order chi connectivity index (χ0) is 44.5. The Kier molecular flexibility index (Phi) is 12.0. The number of hydrogen-bond donors (Lipinski definition) is 5. The van der Waals surface area contributed by atoms with Crippen LogP contribution >= 0.6 is 0 Å². The first-order valence-corrected chi connectivity index (χ1v) is 19.9. The highest BCUT2D eigenvalue weighted by molar-refractivity contribution is 6.25. The molecule has 21 heteroatoms. The Labute approximate surface area is 351 Å². The number of alkyl halides is 3. The maximum Gasteiger partial charge on any atom is 0.433 e. The SMILES string of the molecule is CC(C)(O)c1cc2nn(CCN3CCN(CC(=O)NCCCCNc4cccc5c4C(=O)N(C4CCC(=O)NC4=O)C5=O)C3=O)cc2cc1NC(=O)c1cccc(C(F)(F)F)n1. The molecule has 62 heavy (non-hydrogen) atoms. The Morgan fingerprint density at radius 3 is 2.40 bits per heavy atom. The van der Waals surface area contributed by atoms with E-state index in [0.29, 0.717) is 55.6 Å². The first kappa shape index (κ1) is 43.2. The summed E-state index contributed by atoms with van der Waals surface area (Å²) in [6, 6.07) is 9.53. The van der Waals surface area contributed by atoms with E-state index in [4.69, 9.17) is 0 Å². The fraction of sp³-hybridized carbons (Fsp3) is 0.390. The van der Waals surface area contributed by atoms with Crippen LogP contribution in [0.1, 0.15) is 82.0 Å². The molecule has 0 bridgehead atoms. The molecule has 3 aliphatic heterocycles. The Morgan fingerprint density at radius 2 is 1.66 bits per heavy atom. The van der Waals surface area contributed by atoms with Crippen molar-refractivity contribution < 1.29 is 51.8 Å². The van der Waals surface area contributed by atoms with E-state index in [1.807, 2.05) is 0 Å². The van der Waals surface area contributed by atoms with Crippen molar-refractivity contribution in [1.29, 1.82) is 0 Å². The van der Waals surface area contributed by atoms with Gasteiger partial charge in [0.05, 0.1) is 28.8 Å². The summed E-state index contributed by atoms with van der Waals surface area (Å²) in [7, 11) is 0. The minimum atomic E-state index is -4.74. The van der Waals surface area contributed by atoms with Gasteiger partial charge in [0, 0.05) is 67.7 Å². The van der Waals surface area contributed by atoms with Gasteiger partial charge in [0.2, 0.25) is 17.7 Å². The number of fused-ring (bicyclic) bond motifs is 2. The van der Waals surface area contributed by atoms with Crippen molar-refractivity contribution in [2.45, 2.75) is 63.9 Å². The number of anilines is 2. The van der Waals surface area contributed by atoms with Crippen LogP contribution < -0.4 is 21.3 Å². The topological polar surface area (TPSA) is 228 Å². The molecule has 0 spiro atoms. The molecule has 2 aromatic carbocycles. The summed E-state index contributed by atoms with van der Waals surface area (Å²) in [6.45, 7) is 4.83. The number of piperidine rings is 1. The minimum absolute atomic E-state index is 0.0210. The molecular formula is C41H43F3N10O8. The first-order valence-electron chi connectivity index (χ1n) is 19.9. The van der Waals surface area contributed by atoms with Gasteiger partial charge in [-0.1, -0.05) is 12.1 Å². The van der Waals surface area contributed by atoms with Gasteiger partial charge in [-0.3, -0.25) is 43.7 Å². The molecule has 4 aromatic rings. The summed E-state index contributed by atoms with van der Waals surface area (Å²) in [5.74, 6) is -3.58. The molecule has 2 saturated heterocycles. The summed E-state index contributed by atoms with van der Waals surface area (Å²) in [4.78, 5) is 96.6. The van der Waals surface area contributed by atoms with E-state index in [9.17, 15) is 51.8 Å². The van der Waals surface area contributed by atoms with Gasteiger partial charge in [-0.15, -0.1) is 0 Å². The van der Waals surface area contributed by atoms with Crippen LogP contribution in [0, 0.1) is 0 Å². The van der Waals surface area contributed by atoms with Gasteiger partial charge < -0.3 is 30.9 Å². The monoisotopic (exact) mass is 860 g/mol. The van der Waals surface area contributed by atoms with Gasteiger partial charge in [-0.25, -0.2) is 9.78 Å². The van der Waals surface area contributed by atoms with Crippen LogP contribution in [-0.2, 0) is 32.7 Å². The number of aromatic nitrogens is 3. The lowest BCUT2D eigenvalue weighted by Crippen LogP contribution is -2.54. The molecule has 0 radical (unpaired) electrons. The van der Waals surface area contributed by atoms with Crippen molar-refractivity contribution in [3.63, 3.8) is 0 Å². The maximum absolute atomic E-state index is 13.3. The molecular weight excluding hydrogens is 818 g/mol. The lowest BCUT2D eigenvalue weighted by atomic mass is 9.95. The highest BCUT2D eigenvalue weighted by atomic mass is 19.4. The van der Waals surface area contributed by atoms with Gasteiger partial charge in [0.25, 0.3) is 17.7 Å². The predicted octanol–water partition coefficient (Wildman–Crippen LogP) is 3.08. The van der Waals surface area contributed by atoms with E-state index in [1.54, 1.807) is 40.0 Å². The third-order valence-corrected chi connectivity index (χ3v) is 10.7. The van der Waals surface area contributed by atoms with E-state index in [-0.39, 0.29) is 66.8 Å². The smallest absolute Gasteiger partial charge is 0.386 e. The van der Waals surface area contributed by atoms with Crippen molar-refractivity contribution in [1.82, 2.24) is 40.1 Å². The van der Waals surface area contributed by atoms with Crippen LogP contribution in [0.25, 0.3) is 10.9 Å². The number of halogens is 3. The predicted molar refractivity (Wildman–Crippen MR) is 215 cm³/mol. The van der Waals surface area contributed by atoms with E-state index in [1.165, 1.54) is 24.8 Å². The molecule has 1 atom stereocenters. The van der Waals surface area contributed by atoms with Crippen LogP contribution in [0.2, 0.25) is 0 Å². The number of nitrogens with zero attached hydrogens (tertiary/aromatic N) is 6. The largest absolute Gasteiger partial charge is 0.433 e. The molecule has 2 fully saturated rings. The number of hydrogen-bond acceptors (Lipinski definition) is 11. The second-order valence-electron chi connectivity index (χ2n) is 15.6. The third kappa shape index (κ3) is 9.21. The molecule has 18 nitrogen and oxygen atoms in total. The Balaban J connectivity index is 0.860. The number of rotatable bonds is 15. The maximum atomic E-state index is 13.3. The number of unbranched alkanes of at least 4 members (excludes halogenated alkanes) is 1. The summed E-state index contributed by atoms with van der Waals surface area (Å²) in [5, 5.41) is 26.7. The standard InChI is InChI=1S/C41H43F3N10O8/c1-40(2,62)25-20-28-23(19-29(25)48-35(57)27-9-6-10-31(47-27)41(42,43)44)21-53(50-28)18-17-51-15-16-52(39(51)61)22-33(56)46-14-4-3-13-45-26-8-5-7-24-34(26)38(60)54(37(24)59)30-11-12-32(55)49-36(30)58/h5-10,19-21,30,45,62H,3-4,11-18,22H2,1-2H3,(H,46,56)(H,48,57)(H,49,55,58). The number of benzene rings is 2. The number of aliphatic hydroxyl groups is 1. The lowest BCUT2D eigenvalue weighted by molar-refractivity contribution is -0.141. The highest BCUT2D eigenvalue weighted by Crippen LogP contribution is 2.34. The molecule has 7 rings (SSSR count). The summed E-state index contributed by atoms with van der Waals surface area (Å²) < 4.78 is 41.2. The molecule has 8 amide bonds. The molecule has 326 valence electrons. The van der Waals surface area contributed by atoms with Crippen LogP contribution in [0.5, 0.6) is 0 Å².